The van der Waals surface area contributed by atoms with Crippen molar-refractivity contribution < 1.29 is 4.74 Å². The van der Waals surface area contributed by atoms with Crippen LogP contribution in [0.4, 0.5) is 0 Å². The van der Waals surface area contributed by atoms with E-state index in [2.05, 4.69) is 0 Å². The van der Waals surface area contributed by atoms with E-state index in [1.807, 2.05) is 0 Å². The summed E-state index contributed by atoms with van der Waals surface area (Å²) in [5.74, 6) is 0.812. The van der Waals surface area contributed by atoms with Gasteiger partial charge in [-0.1, -0.05) is 6.42 Å². The van der Waals surface area contributed by atoms with E-state index in [0.29, 0.717) is 17.6 Å². The molecular formula is C10H17NO. The smallest absolute Gasteiger partial charge is 0.0635 e. The zero-order valence-electron chi connectivity index (χ0n) is 7.46. The molecule has 1 unspecified atom stereocenters. The monoisotopic (exact) mass is 167 g/mol. The molecule has 2 N–H and O–H groups in total. The molecule has 2 nitrogen and oxygen atoms in total. The zero-order valence-corrected chi connectivity index (χ0v) is 7.46. The van der Waals surface area contributed by atoms with E-state index < -0.39 is 0 Å². The first-order valence-electron chi connectivity index (χ1n) is 5.20. The molecule has 2 heteroatoms. The van der Waals surface area contributed by atoms with Gasteiger partial charge in [0, 0.05) is 18.1 Å². The molecule has 0 spiro atoms. The van der Waals surface area contributed by atoms with Crippen molar-refractivity contribution in [3.63, 3.8) is 0 Å². The third kappa shape index (κ3) is 0.775. The SMILES string of the molecule is N[C@@H]1C[C@H]1C12CCC[C@H]1OCC2. The summed E-state index contributed by atoms with van der Waals surface area (Å²) in [7, 11) is 0. The molecule has 0 aromatic rings. The topological polar surface area (TPSA) is 35.2 Å². The summed E-state index contributed by atoms with van der Waals surface area (Å²) in [6, 6.07) is 0.507. The molecule has 3 rings (SSSR count). The van der Waals surface area contributed by atoms with E-state index in [9.17, 15) is 0 Å². The highest BCUT2D eigenvalue weighted by Gasteiger charge is 2.59. The quantitative estimate of drug-likeness (QED) is 0.638. The van der Waals surface area contributed by atoms with Gasteiger partial charge in [-0.15, -0.1) is 0 Å². The Bertz CT molecular complexity index is 194. The average molecular weight is 167 g/mol. The van der Waals surface area contributed by atoms with Crippen LogP contribution in [0, 0.1) is 11.3 Å². The lowest BCUT2D eigenvalue weighted by molar-refractivity contribution is 0.0595. The summed E-state index contributed by atoms with van der Waals surface area (Å²) in [6.07, 6.45) is 7.18. The van der Waals surface area contributed by atoms with Gasteiger partial charge < -0.3 is 10.5 Å². The molecule has 0 aromatic carbocycles. The van der Waals surface area contributed by atoms with Gasteiger partial charge in [-0.3, -0.25) is 0 Å². The second kappa shape index (κ2) is 2.24. The highest BCUT2D eigenvalue weighted by Crippen LogP contribution is 2.59. The molecule has 3 fully saturated rings. The average Bonchev–Trinajstić information content (AvgIpc) is 2.52. The maximum atomic E-state index is 5.94. The molecule has 2 saturated carbocycles. The third-order valence-corrected chi connectivity index (χ3v) is 4.21. The molecule has 1 saturated heterocycles. The van der Waals surface area contributed by atoms with E-state index in [4.69, 9.17) is 10.5 Å². The van der Waals surface area contributed by atoms with E-state index in [1.54, 1.807) is 0 Å². The van der Waals surface area contributed by atoms with E-state index in [-0.39, 0.29) is 0 Å². The Morgan fingerprint density at radius 2 is 2.17 bits per heavy atom. The lowest BCUT2D eigenvalue weighted by Crippen LogP contribution is -2.30. The molecule has 0 bridgehead atoms. The number of fused-ring (bicyclic) bond motifs is 1. The van der Waals surface area contributed by atoms with Crippen LogP contribution in [0.2, 0.25) is 0 Å². The van der Waals surface area contributed by atoms with E-state index in [0.717, 1.165) is 12.5 Å². The summed E-state index contributed by atoms with van der Waals surface area (Å²) < 4.78 is 5.77. The Kier molecular flexibility index (Phi) is 1.37. The van der Waals surface area contributed by atoms with Gasteiger partial charge in [0.2, 0.25) is 0 Å². The van der Waals surface area contributed by atoms with Crippen molar-refractivity contribution in [1.82, 2.24) is 0 Å². The van der Waals surface area contributed by atoms with Crippen molar-refractivity contribution in [3.8, 4) is 0 Å². The summed E-state index contributed by atoms with van der Waals surface area (Å²) in [6.45, 7) is 0.994. The van der Waals surface area contributed by atoms with Crippen molar-refractivity contribution in [3.05, 3.63) is 0 Å². The molecule has 0 amide bonds. The second-order valence-electron chi connectivity index (χ2n) is 4.74. The lowest BCUT2D eigenvalue weighted by Gasteiger charge is -2.27. The number of hydrogen-bond acceptors (Lipinski definition) is 2. The Hall–Kier alpha value is -0.0800. The minimum atomic E-state index is 0.507. The number of rotatable bonds is 1. The molecule has 4 atom stereocenters. The van der Waals surface area contributed by atoms with Gasteiger partial charge in [0.05, 0.1) is 6.10 Å². The van der Waals surface area contributed by atoms with Gasteiger partial charge in [-0.25, -0.2) is 0 Å². The van der Waals surface area contributed by atoms with Crippen LogP contribution in [-0.2, 0) is 4.74 Å². The Labute approximate surface area is 73.5 Å². The largest absolute Gasteiger partial charge is 0.378 e. The predicted octanol–water partition coefficient (Wildman–Crippen LogP) is 1.29. The van der Waals surface area contributed by atoms with Gasteiger partial charge in [-0.2, -0.15) is 0 Å². The highest BCUT2D eigenvalue weighted by molar-refractivity contribution is 5.10. The molecule has 0 radical (unpaired) electrons. The summed E-state index contributed by atoms with van der Waals surface area (Å²) in [5, 5.41) is 0. The van der Waals surface area contributed by atoms with Crippen LogP contribution in [0.5, 0.6) is 0 Å². The van der Waals surface area contributed by atoms with Crippen molar-refractivity contribution in [2.24, 2.45) is 17.1 Å². The predicted molar refractivity (Wildman–Crippen MR) is 46.7 cm³/mol. The standard InChI is InChI=1S/C10H17NO/c11-8-6-7(8)10-3-1-2-9(10)12-5-4-10/h7-9H,1-6,11H2/t7-,8-,9-,10?/m1/s1. The molecule has 0 aromatic heterocycles. The first-order chi connectivity index (χ1) is 5.83. The van der Waals surface area contributed by atoms with Gasteiger partial charge in [0.15, 0.2) is 0 Å². The van der Waals surface area contributed by atoms with Gasteiger partial charge in [0.1, 0.15) is 0 Å². The Morgan fingerprint density at radius 1 is 1.33 bits per heavy atom. The minimum absolute atomic E-state index is 0.507. The molecule has 68 valence electrons. The number of ether oxygens (including phenoxy) is 1. The normalized spacial score (nSPS) is 57.2. The number of nitrogens with two attached hydrogens (primary N) is 1. The fourth-order valence-corrected chi connectivity index (χ4v) is 3.48. The molecule has 2 aliphatic carbocycles. The van der Waals surface area contributed by atoms with Crippen LogP contribution in [-0.4, -0.2) is 18.8 Å². The Morgan fingerprint density at radius 3 is 2.92 bits per heavy atom. The van der Waals surface area contributed by atoms with Crippen molar-refractivity contribution >= 4 is 0 Å². The van der Waals surface area contributed by atoms with Crippen LogP contribution in [0.1, 0.15) is 32.1 Å². The van der Waals surface area contributed by atoms with Crippen LogP contribution in [0.25, 0.3) is 0 Å². The summed E-state index contributed by atoms with van der Waals surface area (Å²) in [4.78, 5) is 0. The first-order valence-corrected chi connectivity index (χ1v) is 5.20. The highest BCUT2D eigenvalue weighted by atomic mass is 16.5. The van der Waals surface area contributed by atoms with Gasteiger partial charge >= 0.3 is 0 Å². The van der Waals surface area contributed by atoms with Gasteiger partial charge in [-0.05, 0) is 31.6 Å². The zero-order chi connectivity index (χ0) is 8.18. The van der Waals surface area contributed by atoms with E-state index >= 15 is 0 Å². The molecule has 1 aliphatic heterocycles. The molecule has 1 heterocycles. The van der Waals surface area contributed by atoms with Crippen molar-refractivity contribution in [2.45, 2.75) is 44.2 Å². The fourth-order valence-electron chi connectivity index (χ4n) is 3.48. The molecular weight excluding hydrogens is 150 g/mol. The van der Waals surface area contributed by atoms with Crippen molar-refractivity contribution in [1.29, 1.82) is 0 Å². The van der Waals surface area contributed by atoms with E-state index in [1.165, 1.54) is 32.1 Å². The minimum Gasteiger partial charge on any atom is -0.378 e. The van der Waals surface area contributed by atoms with Crippen LogP contribution in [0.3, 0.4) is 0 Å². The van der Waals surface area contributed by atoms with Gasteiger partial charge in [0.25, 0.3) is 0 Å². The summed E-state index contributed by atoms with van der Waals surface area (Å²) >= 11 is 0. The maximum Gasteiger partial charge on any atom is 0.0635 e. The van der Waals surface area contributed by atoms with Crippen LogP contribution in [0.15, 0.2) is 0 Å². The lowest BCUT2D eigenvalue weighted by atomic mass is 9.77. The first kappa shape index (κ1) is 7.34. The Balaban J connectivity index is 1.87. The van der Waals surface area contributed by atoms with Crippen molar-refractivity contribution in [2.75, 3.05) is 6.61 Å². The second-order valence-corrected chi connectivity index (χ2v) is 4.74. The summed E-state index contributed by atoms with van der Waals surface area (Å²) in [5.41, 5.74) is 6.48. The van der Waals surface area contributed by atoms with Crippen LogP contribution < -0.4 is 5.73 Å². The molecule has 12 heavy (non-hydrogen) atoms. The third-order valence-electron chi connectivity index (χ3n) is 4.21. The maximum absolute atomic E-state index is 5.94. The number of hydrogen-bond donors (Lipinski definition) is 1. The van der Waals surface area contributed by atoms with Crippen LogP contribution >= 0.6 is 0 Å². The fraction of sp³-hybridized carbons (Fsp3) is 1.00. The molecule has 3 aliphatic rings.